The third-order valence-corrected chi connectivity index (χ3v) is 2.97. The molecule has 0 amide bonds. The van der Waals surface area contributed by atoms with E-state index in [-0.39, 0.29) is 0 Å². The predicted molar refractivity (Wildman–Crippen MR) is 70.1 cm³/mol. The molecule has 3 heteroatoms. The second-order valence-corrected chi connectivity index (χ2v) is 4.52. The smallest absolute Gasteiger partial charge is 0.128 e. The van der Waals surface area contributed by atoms with Crippen LogP contribution in [0.25, 0.3) is 0 Å². The van der Waals surface area contributed by atoms with Crippen molar-refractivity contribution in [1.82, 2.24) is 0 Å². The number of hydrogen-bond acceptors (Lipinski definition) is 2. The Morgan fingerprint density at radius 1 is 1.06 bits per heavy atom. The molecule has 0 aliphatic carbocycles. The molecule has 0 spiro atoms. The summed E-state index contributed by atoms with van der Waals surface area (Å²) in [5.41, 5.74) is 1.79. The fourth-order valence-corrected chi connectivity index (χ4v) is 1.84. The van der Waals surface area contributed by atoms with Crippen molar-refractivity contribution < 1.29 is 4.74 Å². The highest BCUT2D eigenvalue weighted by atomic mass is 79.9. The minimum atomic E-state index is 0.598. The van der Waals surface area contributed by atoms with E-state index < -0.39 is 0 Å². The molecule has 0 atom stereocenters. The summed E-state index contributed by atoms with van der Waals surface area (Å²) in [6, 6.07) is 15.2. The first kappa shape index (κ1) is 11.7. The van der Waals surface area contributed by atoms with Crippen molar-refractivity contribution in [1.29, 1.82) is 5.26 Å². The van der Waals surface area contributed by atoms with E-state index in [4.69, 9.17) is 10.00 Å². The Morgan fingerprint density at radius 3 is 2.29 bits per heavy atom. The van der Waals surface area contributed by atoms with Gasteiger partial charge < -0.3 is 4.74 Å². The van der Waals surface area contributed by atoms with Crippen molar-refractivity contribution in [3.63, 3.8) is 0 Å². The zero-order valence-electron chi connectivity index (χ0n) is 9.27. The zero-order chi connectivity index (χ0) is 12.3. The third kappa shape index (κ3) is 2.86. The van der Waals surface area contributed by atoms with Gasteiger partial charge in [-0.1, -0.05) is 17.7 Å². The van der Waals surface area contributed by atoms with E-state index >= 15 is 0 Å². The Kier molecular flexibility index (Phi) is 3.46. The van der Waals surface area contributed by atoms with Gasteiger partial charge in [0, 0.05) is 4.47 Å². The number of ether oxygens (including phenoxy) is 1. The van der Waals surface area contributed by atoms with Crippen LogP contribution in [-0.4, -0.2) is 0 Å². The molecule has 0 unspecified atom stereocenters. The fraction of sp³-hybridized carbons (Fsp3) is 0.0714. The predicted octanol–water partition coefficient (Wildman–Crippen LogP) is 4.42. The number of benzene rings is 2. The molecule has 0 bridgehead atoms. The van der Waals surface area contributed by atoms with Crippen LogP contribution in [0.1, 0.15) is 11.1 Å². The summed E-state index contributed by atoms with van der Waals surface area (Å²) >= 11 is 3.33. The molecule has 2 nitrogen and oxygen atoms in total. The van der Waals surface area contributed by atoms with Crippen LogP contribution in [0.3, 0.4) is 0 Å². The molecule has 0 saturated carbocycles. The van der Waals surface area contributed by atoms with Crippen LogP contribution < -0.4 is 4.74 Å². The topological polar surface area (TPSA) is 33.0 Å². The molecule has 0 aliphatic heterocycles. The fourth-order valence-electron chi connectivity index (χ4n) is 1.39. The molecule has 0 radical (unpaired) electrons. The van der Waals surface area contributed by atoms with Crippen molar-refractivity contribution in [2.45, 2.75) is 6.92 Å². The van der Waals surface area contributed by atoms with Crippen molar-refractivity contribution in [3.8, 4) is 17.6 Å². The molecule has 0 heterocycles. The lowest BCUT2D eigenvalue weighted by Gasteiger charge is -2.06. The lowest BCUT2D eigenvalue weighted by Crippen LogP contribution is -1.85. The highest BCUT2D eigenvalue weighted by Gasteiger charge is 2.02. The number of rotatable bonds is 2. The first-order chi connectivity index (χ1) is 8.19. The number of nitrogens with zero attached hydrogens (tertiary/aromatic N) is 1. The van der Waals surface area contributed by atoms with Gasteiger partial charge in [0.1, 0.15) is 17.6 Å². The van der Waals surface area contributed by atoms with Gasteiger partial charge in [-0.3, -0.25) is 0 Å². The Hall–Kier alpha value is -1.79. The third-order valence-electron chi connectivity index (χ3n) is 2.32. The first-order valence-electron chi connectivity index (χ1n) is 5.13. The van der Waals surface area contributed by atoms with E-state index in [1.807, 2.05) is 31.2 Å². The highest BCUT2D eigenvalue weighted by molar-refractivity contribution is 9.10. The lowest BCUT2D eigenvalue weighted by molar-refractivity contribution is 0.482. The van der Waals surface area contributed by atoms with E-state index in [9.17, 15) is 0 Å². The molecular formula is C14H10BrNO. The molecule has 0 N–H and O–H groups in total. The Balaban J connectivity index is 2.22. The Morgan fingerprint density at radius 2 is 1.71 bits per heavy atom. The van der Waals surface area contributed by atoms with Crippen LogP contribution >= 0.6 is 15.9 Å². The van der Waals surface area contributed by atoms with Gasteiger partial charge in [0.05, 0.1) is 5.56 Å². The summed E-state index contributed by atoms with van der Waals surface area (Å²) in [5.74, 6) is 1.49. The minimum Gasteiger partial charge on any atom is -0.457 e. The lowest BCUT2D eigenvalue weighted by atomic mass is 10.2. The maximum absolute atomic E-state index is 8.81. The molecule has 17 heavy (non-hydrogen) atoms. The van der Waals surface area contributed by atoms with Crippen LogP contribution in [0, 0.1) is 18.3 Å². The van der Waals surface area contributed by atoms with Crippen LogP contribution in [0.5, 0.6) is 11.5 Å². The van der Waals surface area contributed by atoms with E-state index in [0.717, 1.165) is 10.2 Å². The molecule has 2 aromatic carbocycles. The van der Waals surface area contributed by atoms with Crippen LogP contribution in [0.4, 0.5) is 0 Å². The van der Waals surface area contributed by atoms with Gasteiger partial charge in [-0.15, -0.1) is 0 Å². The van der Waals surface area contributed by atoms with E-state index in [0.29, 0.717) is 11.3 Å². The van der Waals surface area contributed by atoms with Gasteiger partial charge in [-0.05, 0) is 53.2 Å². The number of aryl methyl sites for hydroxylation is 1. The van der Waals surface area contributed by atoms with E-state index in [1.54, 1.807) is 18.2 Å². The normalized spacial score (nSPS) is 9.71. The van der Waals surface area contributed by atoms with Crippen molar-refractivity contribution >= 4 is 15.9 Å². The average molecular weight is 288 g/mol. The maximum Gasteiger partial charge on any atom is 0.128 e. The number of halogens is 1. The van der Waals surface area contributed by atoms with Crippen LogP contribution in [-0.2, 0) is 0 Å². The van der Waals surface area contributed by atoms with Crippen LogP contribution in [0.2, 0.25) is 0 Å². The molecule has 84 valence electrons. The van der Waals surface area contributed by atoms with Gasteiger partial charge in [-0.25, -0.2) is 0 Å². The second kappa shape index (κ2) is 5.03. The molecular weight excluding hydrogens is 278 g/mol. The Labute approximate surface area is 109 Å². The first-order valence-corrected chi connectivity index (χ1v) is 5.92. The monoisotopic (exact) mass is 287 g/mol. The van der Waals surface area contributed by atoms with Crippen molar-refractivity contribution in [2.24, 2.45) is 0 Å². The van der Waals surface area contributed by atoms with Gasteiger partial charge in [0.25, 0.3) is 0 Å². The largest absolute Gasteiger partial charge is 0.457 e. The standard InChI is InChI=1S/C14H10BrNO/c1-10-2-5-12(6-3-10)17-13-7-4-11(9-16)14(15)8-13/h2-8H,1H3. The molecule has 0 fully saturated rings. The van der Waals surface area contributed by atoms with Gasteiger partial charge in [0.2, 0.25) is 0 Å². The minimum absolute atomic E-state index is 0.598. The zero-order valence-corrected chi connectivity index (χ0v) is 10.9. The van der Waals surface area contributed by atoms with Gasteiger partial charge in [-0.2, -0.15) is 5.26 Å². The average Bonchev–Trinajstić information content (AvgIpc) is 2.32. The van der Waals surface area contributed by atoms with E-state index in [1.165, 1.54) is 5.56 Å². The van der Waals surface area contributed by atoms with Gasteiger partial charge in [0.15, 0.2) is 0 Å². The summed E-state index contributed by atoms with van der Waals surface area (Å²) in [5, 5.41) is 8.81. The summed E-state index contributed by atoms with van der Waals surface area (Å²) < 4.78 is 6.41. The molecule has 0 aliphatic rings. The van der Waals surface area contributed by atoms with Crippen LogP contribution in [0.15, 0.2) is 46.9 Å². The maximum atomic E-state index is 8.81. The Bertz CT molecular complexity index is 570. The van der Waals surface area contributed by atoms with E-state index in [2.05, 4.69) is 22.0 Å². The molecule has 2 aromatic rings. The molecule has 0 aromatic heterocycles. The second-order valence-electron chi connectivity index (χ2n) is 3.67. The van der Waals surface area contributed by atoms with Crippen molar-refractivity contribution in [3.05, 3.63) is 58.1 Å². The summed E-state index contributed by atoms with van der Waals surface area (Å²) in [6.45, 7) is 2.03. The molecule has 0 saturated heterocycles. The number of hydrogen-bond donors (Lipinski definition) is 0. The summed E-state index contributed by atoms with van der Waals surface area (Å²) in [6.07, 6.45) is 0. The quantitative estimate of drug-likeness (QED) is 0.819. The number of nitriles is 1. The van der Waals surface area contributed by atoms with Gasteiger partial charge >= 0.3 is 0 Å². The highest BCUT2D eigenvalue weighted by Crippen LogP contribution is 2.26. The SMILES string of the molecule is Cc1ccc(Oc2ccc(C#N)c(Br)c2)cc1. The summed E-state index contributed by atoms with van der Waals surface area (Å²) in [4.78, 5) is 0. The summed E-state index contributed by atoms with van der Waals surface area (Å²) in [7, 11) is 0. The molecule has 2 rings (SSSR count). The van der Waals surface area contributed by atoms with Crippen molar-refractivity contribution in [2.75, 3.05) is 0 Å².